The van der Waals surface area contributed by atoms with Crippen molar-refractivity contribution in [2.45, 2.75) is 12.6 Å². The minimum atomic E-state index is -4.54. The van der Waals surface area contributed by atoms with Crippen LogP contribution in [0.15, 0.2) is 23.4 Å². The molecule has 1 fully saturated rings. The highest BCUT2D eigenvalue weighted by molar-refractivity contribution is 7.99. The molecule has 0 aromatic heterocycles. The summed E-state index contributed by atoms with van der Waals surface area (Å²) < 4.78 is 38.9. The van der Waals surface area contributed by atoms with Crippen LogP contribution in [0, 0.1) is 0 Å². The molecule has 0 aliphatic carbocycles. The lowest BCUT2D eigenvalue weighted by Crippen LogP contribution is -2.27. The molecule has 1 aliphatic rings. The standard InChI is InChI=1S/C13H16F3N3OS/c14-13(15,16)11-3-2-9(8-10(11)12(17)18-20)19-4-1-6-21-7-5-19/h2-3,8,20H,1,4-7H2,(H2,17,18). The largest absolute Gasteiger partial charge is 0.417 e. The Labute approximate surface area is 124 Å². The van der Waals surface area contributed by atoms with E-state index in [1.165, 1.54) is 12.1 Å². The van der Waals surface area contributed by atoms with Gasteiger partial charge in [0, 0.05) is 30.1 Å². The number of amidine groups is 1. The highest BCUT2D eigenvalue weighted by Crippen LogP contribution is 2.34. The fraction of sp³-hybridized carbons (Fsp3) is 0.462. The number of anilines is 1. The average molecular weight is 319 g/mol. The van der Waals surface area contributed by atoms with Crippen molar-refractivity contribution in [3.63, 3.8) is 0 Å². The van der Waals surface area contributed by atoms with Gasteiger partial charge in [-0.25, -0.2) is 0 Å². The second kappa shape index (κ2) is 6.46. The normalized spacial score (nSPS) is 17.7. The lowest BCUT2D eigenvalue weighted by Gasteiger charge is -2.24. The average Bonchev–Trinajstić information content (AvgIpc) is 2.74. The van der Waals surface area contributed by atoms with E-state index in [4.69, 9.17) is 10.9 Å². The summed E-state index contributed by atoms with van der Waals surface area (Å²) in [6.45, 7) is 1.56. The maximum atomic E-state index is 13.0. The molecule has 1 aliphatic heterocycles. The SMILES string of the molecule is N/C(=N/O)c1cc(N2CCCSCC2)ccc1C(F)(F)F. The number of alkyl halides is 3. The number of thioether (sulfide) groups is 1. The number of oxime groups is 1. The van der Waals surface area contributed by atoms with Crippen LogP contribution < -0.4 is 10.6 Å². The van der Waals surface area contributed by atoms with Crippen LogP contribution >= 0.6 is 11.8 Å². The van der Waals surface area contributed by atoms with Crippen LogP contribution in [0.3, 0.4) is 0 Å². The molecule has 0 radical (unpaired) electrons. The van der Waals surface area contributed by atoms with Gasteiger partial charge in [-0.1, -0.05) is 5.16 Å². The molecule has 3 N–H and O–H groups in total. The summed E-state index contributed by atoms with van der Waals surface area (Å²) in [4.78, 5) is 2.02. The third-order valence-electron chi connectivity index (χ3n) is 3.28. The van der Waals surface area contributed by atoms with Crippen molar-refractivity contribution < 1.29 is 18.4 Å². The van der Waals surface area contributed by atoms with Gasteiger partial charge < -0.3 is 15.8 Å². The van der Waals surface area contributed by atoms with E-state index in [0.717, 1.165) is 37.1 Å². The molecule has 0 spiro atoms. The van der Waals surface area contributed by atoms with Gasteiger partial charge in [-0.2, -0.15) is 24.9 Å². The summed E-state index contributed by atoms with van der Waals surface area (Å²) in [6, 6.07) is 3.77. The van der Waals surface area contributed by atoms with Crippen LogP contribution in [0.4, 0.5) is 18.9 Å². The van der Waals surface area contributed by atoms with Crippen LogP contribution in [0.25, 0.3) is 0 Å². The van der Waals surface area contributed by atoms with Crippen molar-refractivity contribution in [3.05, 3.63) is 29.3 Å². The summed E-state index contributed by atoms with van der Waals surface area (Å²) in [5.41, 5.74) is 4.87. The molecule has 0 amide bonds. The van der Waals surface area contributed by atoms with Crippen LogP contribution in [0.5, 0.6) is 0 Å². The molecule has 8 heteroatoms. The van der Waals surface area contributed by atoms with Crippen LogP contribution in [-0.2, 0) is 6.18 Å². The summed E-state index contributed by atoms with van der Waals surface area (Å²) >= 11 is 1.83. The van der Waals surface area contributed by atoms with E-state index in [1.807, 2.05) is 16.7 Å². The van der Waals surface area contributed by atoms with E-state index in [-0.39, 0.29) is 5.56 Å². The molecule has 0 bridgehead atoms. The van der Waals surface area contributed by atoms with E-state index < -0.39 is 17.6 Å². The van der Waals surface area contributed by atoms with Gasteiger partial charge in [0.05, 0.1) is 5.56 Å². The quantitative estimate of drug-likeness (QED) is 0.381. The summed E-state index contributed by atoms with van der Waals surface area (Å²) in [6.07, 6.45) is -3.57. The predicted octanol–water partition coefficient (Wildman–Crippen LogP) is 2.74. The van der Waals surface area contributed by atoms with E-state index >= 15 is 0 Å². The van der Waals surface area contributed by atoms with Crippen molar-refractivity contribution in [2.75, 3.05) is 29.5 Å². The van der Waals surface area contributed by atoms with Gasteiger partial charge in [0.2, 0.25) is 0 Å². The van der Waals surface area contributed by atoms with Gasteiger partial charge in [0.15, 0.2) is 5.84 Å². The number of benzene rings is 1. The number of nitrogens with two attached hydrogens (primary N) is 1. The lowest BCUT2D eigenvalue weighted by atomic mass is 10.0. The number of hydrogen-bond donors (Lipinski definition) is 2. The van der Waals surface area contributed by atoms with Gasteiger partial charge in [-0.05, 0) is 30.4 Å². The topological polar surface area (TPSA) is 61.9 Å². The molecule has 4 nitrogen and oxygen atoms in total. The Morgan fingerprint density at radius 1 is 1.29 bits per heavy atom. The Hall–Kier alpha value is -1.57. The molecule has 1 saturated heterocycles. The molecule has 1 aromatic rings. The van der Waals surface area contributed by atoms with Gasteiger partial charge in [0.25, 0.3) is 0 Å². The van der Waals surface area contributed by atoms with Gasteiger partial charge in [-0.15, -0.1) is 0 Å². The Morgan fingerprint density at radius 2 is 2.05 bits per heavy atom. The van der Waals surface area contributed by atoms with Crippen molar-refractivity contribution in [2.24, 2.45) is 10.9 Å². The first-order valence-corrected chi connectivity index (χ1v) is 7.61. The first-order chi connectivity index (χ1) is 9.93. The van der Waals surface area contributed by atoms with Crippen molar-refractivity contribution >= 4 is 23.3 Å². The lowest BCUT2D eigenvalue weighted by molar-refractivity contribution is -0.137. The highest BCUT2D eigenvalue weighted by Gasteiger charge is 2.34. The van der Waals surface area contributed by atoms with E-state index in [9.17, 15) is 13.2 Å². The minimum absolute atomic E-state index is 0.292. The molecule has 21 heavy (non-hydrogen) atoms. The molecule has 0 atom stereocenters. The van der Waals surface area contributed by atoms with E-state index in [2.05, 4.69) is 5.16 Å². The highest BCUT2D eigenvalue weighted by atomic mass is 32.2. The number of nitrogens with zero attached hydrogens (tertiary/aromatic N) is 2. The Balaban J connectivity index is 2.41. The monoisotopic (exact) mass is 319 g/mol. The molecule has 0 unspecified atom stereocenters. The fourth-order valence-electron chi connectivity index (χ4n) is 2.25. The first kappa shape index (κ1) is 15.8. The predicted molar refractivity (Wildman–Crippen MR) is 78.1 cm³/mol. The van der Waals surface area contributed by atoms with Gasteiger partial charge in [-0.3, -0.25) is 0 Å². The van der Waals surface area contributed by atoms with Crippen molar-refractivity contribution in [3.8, 4) is 0 Å². The second-order valence-electron chi connectivity index (χ2n) is 4.67. The fourth-order valence-corrected chi connectivity index (χ4v) is 3.13. The Bertz CT molecular complexity index is 526. The van der Waals surface area contributed by atoms with E-state index in [0.29, 0.717) is 5.69 Å². The zero-order valence-electron chi connectivity index (χ0n) is 11.2. The van der Waals surface area contributed by atoms with Crippen molar-refractivity contribution in [1.29, 1.82) is 0 Å². The third kappa shape index (κ3) is 3.75. The van der Waals surface area contributed by atoms with Crippen molar-refractivity contribution in [1.82, 2.24) is 0 Å². The number of halogens is 3. The molecular weight excluding hydrogens is 303 g/mol. The zero-order valence-corrected chi connectivity index (χ0v) is 12.0. The molecular formula is C13H16F3N3OS. The smallest absolute Gasteiger partial charge is 0.409 e. The van der Waals surface area contributed by atoms with Crippen LogP contribution in [0.2, 0.25) is 0 Å². The number of rotatable bonds is 2. The van der Waals surface area contributed by atoms with E-state index in [1.54, 1.807) is 0 Å². The second-order valence-corrected chi connectivity index (χ2v) is 5.89. The van der Waals surface area contributed by atoms with Gasteiger partial charge in [0.1, 0.15) is 0 Å². The Kier molecular flexibility index (Phi) is 4.87. The summed E-state index contributed by atoms with van der Waals surface area (Å²) in [7, 11) is 0. The molecule has 0 saturated carbocycles. The molecule has 2 rings (SSSR count). The summed E-state index contributed by atoms with van der Waals surface area (Å²) in [5, 5.41) is 11.4. The summed E-state index contributed by atoms with van der Waals surface area (Å²) in [5.74, 6) is 1.44. The molecule has 116 valence electrons. The van der Waals surface area contributed by atoms with Gasteiger partial charge >= 0.3 is 6.18 Å². The minimum Gasteiger partial charge on any atom is -0.409 e. The van der Waals surface area contributed by atoms with Crippen LogP contribution in [0.1, 0.15) is 17.5 Å². The third-order valence-corrected chi connectivity index (χ3v) is 4.33. The van der Waals surface area contributed by atoms with Crippen LogP contribution in [-0.4, -0.2) is 35.6 Å². The maximum Gasteiger partial charge on any atom is 0.417 e. The Morgan fingerprint density at radius 3 is 2.71 bits per heavy atom. The molecule has 1 heterocycles. The number of hydrogen-bond acceptors (Lipinski definition) is 4. The maximum absolute atomic E-state index is 13.0. The zero-order chi connectivity index (χ0) is 15.5. The molecule has 1 aromatic carbocycles. The first-order valence-electron chi connectivity index (χ1n) is 6.45.